The summed E-state index contributed by atoms with van der Waals surface area (Å²) in [5.74, 6) is 0. The molecular weight excluding hydrogens is 238 g/mol. The molecule has 1 saturated heterocycles. The second-order valence-electron chi connectivity index (χ2n) is 4.80. The van der Waals surface area contributed by atoms with Gasteiger partial charge in [0.05, 0.1) is 25.7 Å². The number of nitriles is 1. The number of rotatable bonds is 6. The third-order valence-electron chi connectivity index (χ3n) is 3.37. The lowest BCUT2D eigenvalue weighted by atomic mass is 10.1. The first kappa shape index (κ1) is 14.0. The van der Waals surface area contributed by atoms with E-state index in [1.165, 1.54) is 5.56 Å². The second kappa shape index (κ2) is 7.90. The average molecular weight is 259 g/mol. The Bertz CT molecular complexity index is 402. The molecule has 0 spiro atoms. The van der Waals surface area contributed by atoms with Gasteiger partial charge in [-0.2, -0.15) is 5.26 Å². The maximum absolute atomic E-state index is 8.50. The fourth-order valence-corrected chi connectivity index (χ4v) is 2.33. The highest BCUT2D eigenvalue weighted by atomic mass is 16.5. The molecule has 1 aliphatic rings. The SMILES string of the molecule is N#CCCOCC1CNCCN1Cc1ccccc1. The van der Waals surface area contributed by atoms with Gasteiger partial charge in [-0.1, -0.05) is 30.3 Å². The highest BCUT2D eigenvalue weighted by Gasteiger charge is 2.22. The number of nitrogens with zero attached hydrogens (tertiary/aromatic N) is 2. The first-order valence-electron chi connectivity index (χ1n) is 6.83. The molecule has 4 heteroatoms. The van der Waals surface area contributed by atoms with Crippen molar-refractivity contribution < 1.29 is 4.74 Å². The number of hydrogen-bond acceptors (Lipinski definition) is 4. The smallest absolute Gasteiger partial charge is 0.0645 e. The first-order valence-corrected chi connectivity index (χ1v) is 6.83. The molecule has 4 nitrogen and oxygen atoms in total. The summed E-state index contributed by atoms with van der Waals surface area (Å²) in [6.45, 7) is 5.23. The van der Waals surface area contributed by atoms with Crippen molar-refractivity contribution in [3.05, 3.63) is 35.9 Å². The molecule has 1 fully saturated rings. The van der Waals surface area contributed by atoms with E-state index in [9.17, 15) is 0 Å². The third-order valence-corrected chi connectivity index (χ3v) is 3.37. The zero-order chi connectivity index (χ0) is 13.3. The second-order valence-corrected chi connectivity index (χ2v) is 4.80. The van der Waals surface area contributed by atoms with Crippen LogP contribution in [0, 0.1) is 11.3 Å². The molecule has 0 radical (unpaired) electrons. The van der Waals surface area contributed by atoms with Gasteiger partial charge in [0.25, 0.3) is 0 Å². The van der Waals surface area contributed by atoms with Crippen molar-refractivity contribution in [1.82, 2.24) is 10.2 Å². The molecular formula is C15H21N3O. The van der Waals surface area contributed by atoms with E-state index in [2.05, 4.69) is 40.6 Å². The van der Waals surface area contributed by atoms with Gasteiger partial charge in [-0.05, 0) is 5.56 Å². The van der Waals surface area contributed by atoms with Crippen molar-refractivity contribution in [1.29, 1.82) is 5.26 Å². The summed E-state index contributed by atoms with van der Waals surface area (Å²) < 4.78 is 5.58. The number of nitrogens with one attached hydrogen (secondary N) is 1. The molecule has 1 aromatic carbocycles. The van der Waals surface area contributed by atoms with E-state index in [-0.39, 0.29) is 0 Å². The maximum Gasteiger partial charge on any atom is 0.0645 e. The van der Waals surface area contributed by atoms with Gasteiger partial charge in [0.15, 0.2) is 0 Å². The van der Waals surface area contributed by atoms with Crippen LogP contribution in [-0.4, -0.2) is 43.8 Å². The van der Waals surface area contributed by atoms with Crippen molar-refractivity contribution in [3.63, 3.8) is 0 Å². The molecule has 0 aromatic heterocycles. The van der Waals surface area contributed by atoms with Gasteiger partial charge in [-0.15, -0.1) is 0 Å². The zero-order valence-electron chi connectivity index (χ0n) is 11.2. The number of benzene rings is 1. The molecule has 1 aromatic rings. The fourth-order valence-electron chi connectivity index (χ4n) is 2.33. The van der Waals surface area contributed by atoms with Crippen LogP contribution in [0.4, 0.5) is 0 Å². The molecule has 1 aliphatic heterocycles. The van der Waals surface area contributed by atoms with Gasteiger partial charge in [0.1, 0.15) is 0 Å². The lowest BCUT2D eigenvalue weighted by Crippen LogP contribution is -2.52. The van der Waals surface area contributed by atoms with E-state index < -0.39 is 0 Å². The van der Waals surface area contributed by atoms with Crippen LogP contribution in [0.15, 0.2) is 30.3 Å². The molecule has 1 heterocycles. The summed E-state index contributed by atoms with van der Waals surface area (Å²) in [7, 11) is 0. The Balaban J connectivity index is 1.84. The predicted octanol–water partition coefficient (Wildman–Crippen LogP) is 1.39. The van der Waals surface area contributed by atoms with Gasteiger partial charge in [-0.3, -0.25) is 4.90 Å². The Hall–Kier alpha value is -1.41. The quantitative estimate of drug-likeness (QED) is 0.784. The average Bonchev–Trinajstić information content (AvgIpc) is 2.46. The predicted molar refractivity (Wildman–Crippen MR) is 74.6 cm³/mol. The normalized spacial score (nSPS) is 20.1. The van der Waals surface area contributed by atoms with Gasteiger partial charge < -0.3 is 10.1 Å². The van der Waals surface area contributed by atoms with Crippen LogP contribution in [-0.2, 0) is 11.3 Å². The molecule has 19 heavy (non-hydrogen) atoms. The van der Waals surface area contributed by atoms with Gasteiger partial charge in [0, 0.05) is 32.2 Å². The van der Waals surface area contributed by atoms with Crippen LogP contribution in [0.1, 0.15) is 12.0 Å². The molecule has 0 saturated carbocycles. The lowest BCUT2D eigenvalue weighted by Gasteiger charge is -2.36. The Kier molecular flexibility index (Phi) is 5.83. The Morgan fingerprint density at radius 1 is 1.37 bits per heavy atom. The molecule has 1 atom stereocenters. The third kappa shape index (κ3) is 4.64. The van der Waals surface area contributed by atoms with Gasteiger partial charge >= 0.3 is 0 Å². The number of piperazine rings is 1. The van der Waals surface area contributed by atoms with Crippen molar-refractivity contribution in [3.8, 4) is 6.07 Å². The van der Waals surface area contributed by atoms with Gasteiger partial charge in [0.2, 0.25) is 0 Å². The molecule has 102 valence electrons. The summed E-state index contributed by atoms with van der Waals surface area (Å²) in [5, 5.41) is 11.9. The first-order chi connectivity index (χ1) is 9.40. The van der Waals surface area contributed by atoms with E-state index in [1.807, 2.05) is 6.07 Å². The Morgan fingerprint density at radius 2 is 2.21 bits per heavy atom. The van der Waals surface area contributed by atoms with Crippen LogP contribution >= 0.6 is 0 Å². The molecule has 0 aliphatic carbocycles. The van der Waals surface area contributed by atoms with Crippen LogP contribution < -0.4 is 5.32 Å². The summed E-state index contributed by atoms with van der Waals surface area (Å²) in [6, 6.07) is 13.0. The van der Waals surface area contributed by atoms with Crippen molar-refractivity contribution in [2.45, 2.75) is 19.0 Å². The van der Waals surface area contributed by atoms with Crippen molar-refractivity contribution in [2.24, 2.45) is 0 Å². The van der Waals surface area contributed by atoms with E-state index in [0.29, 0.717) is 25.7 Å². The summed E-state index contributed by atoms with van der Waals surface area (Å²) in [5.41, 5.74) is 1.34. The van der Waals surface area contributed by atoms with E-state index >= 15 is 0 Å². The Labute approximate surface area is 115 Å². The fraction of sp³-hybridized carbons (Fsp3) is 0.533. The van der Waals surface area contributed by atoms with Crippen LogP contribution in [0.2, 0.25) is 0 Å². The van der Waals surface area contributed by atoms with Crippen LogP contribution in [0.5, 0.6) is 0 Å². The molecule has 1 N–H and O–H groups in total. The van der Waals surface area contributed by atoms with Gasteiger partial charge in [-0.25, -0.2) is 0 Å². The van der Waals surface area contributed by atoms with Crippen molar-refractivity contribution >= 4 is 0 Å². The number of hydrogen-bond donors (Lipinski definition) is 1. The standard InChI is InChI=1S/C15H21N3O/c16-7-4-10-19-13-15-11-17-8-9-18(15)12-14-5-2-1-3-6-14/h1-3,5-6,15,17H,4,8-13H2. The van der Waals surface area contributed by atoms with Crippen molar-refractivity contribution in [2.75, 3.05) is 32.8 Å². The Morgan fingerprint density at radius 3 is 3.00 bits per heavy atom. The summed E-state index contributed by atoms with van der Waals surface area (Å²) in [4.78, 5) is 2.46. The monoisotopic (exact) mass is 259 g/mol. The summed E-state index contributed by atoms with van der Waals surface area (Å²) in [6.07, 6.45) is 0.471. The minimum atomic E-state index is 0.396. The number of ether oxygens (including phenoxy) is 1. The lowest BCUT2D eigenvalue weighted by molar-refractivity contribution is 0.0456. The highest BCUT2D eigenvalue weighted by Crippen LogP contribution is 2.10. The van der Waals surface area contributed by atoms with E-state index in [0.717, 1.165) is 26.2 Å². The minimum Gasteiger partial charge on any atom is -0.379 e. The minimum absolute atomic E-state index is 0.396. The van der Waals surface area contributed by atoms with E-state index in [4.69, 9.17) is 10.00 Å². The molecule has 0 bridgehead atoms. The zero-order valence-corrected chi connectivity index (χ0v) is 11.2. The maximum atomic E-state index is 8.50. The largest absolute Gasteiger partial charge is 0.379 e. The van der Waals surface area contributed by atoms with Crippen LogP contribution in [0.25, 0.3) is 0 Å². The van der Waals surface area contributed by atoms with E-state index in [1.54, 1.807) is 0 Å². The molecule has 1 unspecified atom stereocenters. The summed E-state index contributed by atoms with van der Waals surface area (Å²) >= 11 is 0. The molecule has 2 rings (SSSR count). The highest BCUT2D eigenvalue weighted by molar-refractivity contribution is 5.14. The van der Waals surface area contributed by atoms with Crippen LogP contribution in [0.3, 0.4) is 0 Å². The topological polar surface area (TPSA) is 48.3 Å². The molecule has 0 amide bonds.